The lowest BCUT2D eigenvalue weighted by atomic mass is 10.1. The summed E-state index contributed by atoms with van der Waals surface area (Å²) in [5.74, 6) is -0.275. The number of benzene rings is 3. The second kappa shape index (κ2) is 8.63. The maximum absolute atomic E-state index is 12.9. The molecule has 1 heterocycles. The monoisotopic (exact) mass is 402 g/mol. The minimum Gasteiger partial charge on any atom is -0.298 e. The van der Waals surface area contributed by atoms with Crippen molar-refractivity contribution >= 4 is 23.2 Å². The summed E-state index contributed by atoms with van der Waals surface area (Å²) in [4.78, 5) is 12.9. The first-order valence-electron chi connectivity index (χ1n) is 9.18. The first-order valence-corrected chi connectivity index (χ1v) is 9.55. The molecule has 0 aliphatic rings. The normalized spacial score (nSPS) is 10.5. The molecule has 0 aliphatic heterocycles. The van der Waals surface area contributed by atoms with Gasteiger partial charge in [-0.25, -0.2) is 0 Å². The average molecular weight is 403 g/mol. The highest BCUT2D eigenvalue weighted by molar-refractivity contribution is 6.30. The van der Waals surface area contributed by atoms with E-state index in [4.69, 9.17) is 11.6 Å². The maximum Gasteiger partial charge on any atom is 0.273 e. The molecule has 0 saturated heterocycles. The molecule has 4 aromatic rings. The van der Waals surface area contributed by atoms with E-state index < -0.39 is 0 Å². The van der Waals surface area contributed by atoms with Crippen LogP contribution in [-0.4, -0.2) is 15.7 Å². The van der Waals surface area contributed by atoms with Gasteiger partial charge in [0.2, 0.25) is 0 Å². The van der Waals surface area contributed by atoms with Gasteiger partial charge < -0.3 is 0 Å². The van der Waals surface area contributed by atoms with Crippen LogP contribution in [0.15, 0.2) is 91.1 Å². The summed E-state index contributed by atoms with van der Waals surface area (Å²) >= 11 is 6.00. The minimum absolute atomic E-state index is 0.275. The summed E-state index contributed by atoms with van der Waals surface area (Å²) in [5, 5.41) is 5.26. The van der Waals surface area contributed by atoms with Crippen LogP contribution in [0.25, 0.3) is 11.3 Å². The number of hydrazine groups is 1. The molecule has 29 heavy (non-hydrogen) atoms. The van der Waals surface area contributed by atoms with Gasteiger partial charge in [-0.3, -0.25) is 20.3 Å². The maximum atomic E-state index is 12.9. The van der Waals surface area contributed by atoms with Crippen LogP contribution in [0.3, 0.4) is 0 Å². The Morgan fingerprint density at radius 3 is 2.38 bits per heavy atom. The molecule has 1 aromatic heterocycles. The number of aromatic nitrogens is 2. The predicted octanol–water partition coefficient (Wildman–Crippen LogP) is 5.01. The third kappa shape index (κ3) is 4.65. The number of carbonyl (C=O) groups is 1. The molecule has 0 saturated carbocycles. The number of hydrogen-bond acceptors (Lipinski definition) is 3. The van der Waals surface area contributed by atoms with Crippen LogP contribution in [0.2, 0.25) is 5.02 Å². The number of anilines is 1. The Hall–Kier alpha value is -3.57. The molecule has 4 rings (SSSR count). The van der Waals surface area contributed by atoms with Crippen molar-refractivity contribution < 1.29 is 4.79 Å². The Balaban J connectivity index is 1.60. The first-order chi connectivity index (χ1) is 14.2. The van der Waals surface area contributed by atoms with Gasteiger partial charge in [0.05, 0.1) is 17.8 Å². The lowest BCUT2D eigenvalue weighted by molar-refractivity contribution is 0.0963. The van der Waals surface area contributed by atoms with Crippen LogP contribution >= 0.6 is 11.6 Å². The van der Waals surface area contributed by atoms with Crippen LogP contribution in [-0.2, 0) is 6.54 Å². The fraction of sp³-hybridized carbons (Fsp3) is 0.0435. The molecule has 5 nitrogen and oxygen atoms in total. The molecule has 0 unspecified atom stereocenters. The molecule has 0 aliphatic carbocycles. The van der Waals surface area contributed by atoms with E-state index >= 15 is 0 Å². The summed E-state index contributed by atoms with van der Waals surface area (Å²) in [6.45, 7) is 0.579. The van der Waals surface area contributed by atoms with Crippen LogP contribution in [0, 0.1) is 0 Å². The Morgan fingerprint density at radius 2 is 1.66 bits per heavy atom. The number of hydrogen-bond donors (Lipinski definition) is 2. The number of rotatable bonds is 6. The van der Waals surface area contributed by atoms with E-state index in [0.29, 0.717) is 28.5 Å². The molecule has 0 bridgehead atoms. The zero-order valence-corrected chi connectivity index (χ0v) is 16.3. The van der Waals surface area contributed by atoms with Crippen molar-refractivity contribution in [3.63, 3.8) is 0 Å². The van der Waals surface area contributed by atoms with Crippen molar-refractivity contribution in [1.82, 2.24) is 15.2 Å². The van der Waals surface area contributed by atoms with Crippen molar-refractivity contribution in [2.24, 2.45) is 0 Å². The molecule has 3 aromatic carbocycles. The number of nitrogens with zero attached hydrogens (tertiary/aromatic N) is 2. The third-order valence-electron chi connectivity index (χ3n) is 4.39. The topological polar surface area (TPSA) is 59.0 Å². The molecular formula is C23H19ClN4O. The molecule has 0 atom stereocenters. The number of carbonyl (C=O) groups excluding carboxylic acids is 1. The summed E-state index contributed by atoms with van der Waals surface area (Å²) in [6.07, 6.45) is 1.77. The van der Waals surface area contributed by atoms with Crippen LogP contribution < -0.4 is 10.9 Å². The quantitative estimate of drug-likeness (QED) is 0.446. The predicted molar refractivity (Wildman–Crippen MR) is 116 cm³/mol. The van der Waals surface area contributed by atoms with E-state index in [1.807, 2.05) is 72.8 Å². The first kappa shape index (κ1) is 18.8. The van der Waals surface area contributed by atoms with E-state index in [9.17, 15) is 4.79 Å². The zero-order chi connectivity index (χ0) is 20.1. The van der Waals surface area contributed by atoms with E-state index in [1.165, 1.54) is 0 Å². The van der Waals surface area contributed by atoms with Gasteiger partial charge in [0.15, 0.2) is 0 Å². The highest BCUT2D eigenvalue weighted by Gasteiger charge is 2.18. The lowest BCUT2D eigenvalue weighted by Gasteiger charge is -2.08. The van der Waals surface area contributed by atoms with E-state index in [1.54, 1.807) is 23.0 Å². The Labute approximate surface area is 173 Å². The molecule has 144 valence electrons. The summed E-state index contributed by atoms with van der Waals surface area (Å²) < 4.78 is 1.78. The van der Waals surface area contributed by atoms with Gasteiger partial charge in [0.1, 0.15) is 5.69 Å². The second-order valence-corrected chi connectivity index (χ2v) is 6.97. The van der Waals surface area contributed by atoms with Gasteiger partial charge in [0, 0.05) is 16.8 Å². The van der Waals surface area contributed by atoms with Gasteiger partial charge in [-0.2, -0.15) is 5.10 Å². The fourth-order valence-electron chi connectivity index (χ4n) is 3.01. The van der Waals surface area contributed by atoms with Crippen LogP contribution in [0.1, 0.15) is 15.9 Å². The van der Waals surface area contributed by atoms with Crippen molar-refractivity contribution in [2.45, 2.75) is 6.54 Å². The molecule has 1 amide bonds. The van der Waals surface area contributed by atoms with Crippen molar-refractivity contribution in [3.05, 3.63) is 107 Å². The summed E-state index contributed by atoms with van der Waals surface area (Å²) in [5.41, 5.74) is 9.44. The number of halogens is 1. The second-order valence-electron chi connectivity index (χ2n) is 6.53. The average Bonchev–Trinajstić information content (AvgIpc) is 3.17. The molecule has 2 N–H and O–H groups in total. The van der Waals surface area contributed by atoms with Gasteiger partial charge in [-0.1, -0.05) is 78.3 Å². The number of nitrogens with one attached hydrogen (secondary N) is 2. The highest BCUT2D eigenvalue weighted by Crippen LogP contribution is 2.22. The van der Waals surface area contributed by atoms with Gasteiger partial charge >= 0.3 is 0 Å². The lowest BCUT2D eigenvalue weighted by Crippen LogP contribution is -2.29. The highest BCUT2D eigenvalue weighted by atomic mass is 35.5. The molecular weight excluding hydrogens is 384 g/mol. The van der Waals surface area contributed by atoms with Crippen LogP contribution in [0.4, 0.5) is 5.69 Å². The Morgan fingerprint density at radius 1 is 0.931 bits per heavy atom. The molecule has 0 spiro atoms. The van der Waals surface area contributed by atoms with E-state index in [2.05, 4.69) is 16.0 Å². The van der Waals surface area contributed by atoms with Gasteiger partial charge in [-0.05, 0) is 23.8 Å². The minimum atomic E-state index is -0.275. The smallest absolute Gasteiger partial charge is 0.273 e. The third-order valence-corrected chi connectivity index (χ3v) is 4.62. The van der Waals surface area contributed by atoms with Gasteiger partial charge in [0.25, 0.3) is 5.91 Å². The molecule has 0 fully saturated rings. The SMILES string of the molecule is O=C(NNc1cccc(Cl)c1)c1cn(Cc2ccccc2)nc1-c1ccccc1. The molecule has 6 heteroatoms. The molecule has 0 radical (unpaired) electrons. The van der Waals surface area contributed by atoms with E-state index in [-0.39, 0.29) is 5.91 Å². The van der Waals surface area contributed by atoms with Gasteiger partial charge in [-0.15, -0.1) is 0 Å². The van der Waals surface area contributed by atoms with E-state index in [0.717, 1.165) is 11.1 Å². The Bertz CT molecular complexity index is 1110. The van der Waals surface area contributed by atoms with Crippen LogP contribution in [0.5, 0.6) is 0 Å². The van der Waals surface area contributed by atoms with Crippen molar-refractivity contribution in [2.75, 3.05) is 5.43 Å². The van der Waals surface area contributed by atoms with Crippen molar-refractivity contribution in [1.29, 1.82) is 0 Å². The summed E-state index contributed by atoms with van der Waals surface area (Å²) in [6, 6.07) is 26.8. The Kier molecular flexibility index (Phi) is 5.59. The van der Waals surface area contributed by atoms with Crippen molar-refractivity contribution in [3.8, 4) is 11.3 Å². The largest absolute Gasteiger partial charge is 0.298 e. The number of amides is 1. The summed E-state index contributed by atoms with van der Waals surface area (Å²) in [7, 11) is 0. The zero-order valence-electron chi connectivity index (χ0n) is 15.5. The fourth-order valence-corrected chi connectivity index (χ4v) is 3.20. The standard InChI is InChI=1S/C23H19ClN4O/c24-19-12-7-13-20(14-19)25-26-23(29)21-16-28(15-17-8-3-1-4-9-17)27-22(21)18-10-5-2-6-11-18/h1-14,16,25H,15H2,(H,26,29).